The molecule has 3 nitrogen and oxygen atoms in total. The Morgan fingerprint density at radius 1 is 1.14 bits per heavy atom. The van der Waals surface area contributed by atoms with Gasteiger partial charge in [-0.25, -0.2) is 0 Å². The van der Waals surface area contributed by atoms with Crippen LogP contribution in [0.3, 0.4) is 0 Å². The topological polar surface area (TPSA) is 30.5 Å². The summed E-state index contributed by atoms with van der Waals surface area (Å²) in [7, 11) is 0. The second kappa shape index (κ2) is 6.78. The number of benzene rings is 1. The number of hydrogen-bond acceptors (Lipinski definition) is 3. The van der Waals surface area contributed by atoms with Gasteiger partial charge in [-0.2, -0.15) is 0 Å². The maximum absolute atomic E-state index is 6.35. The number of nitrogens with one attached hydrogen (secondary N) is 1. The monoisotopic (exact) mass is 309 g/mol. The van der Waals surface area contributed by atoms with E-state index in [1.807, 2.05) is 12.1 Å². The van der Waals surface area contributed by atoms with Crippen LogP contribution in [0, 0.1) is 5.92 Å². The third kappa shape index (κ3) is 3.57. The highest BCUT2D eigenvalue weighted by atomic mass is 35.5. The number of hydrogen-bond donors (Lipinski definition) is 1. The Morgan fingerprint density at radius 3 is 2.76 bits per heavy atom. The molecule has 1 saturated carbocycles. The molecule has 1 aliphatic heterocycles. The molecule has 21 heavy (non-hydrogen) atoms. The Bertz CT molecular complexity index is 492. The first-order valence-electron chi connectivity index (χ1n) is 8.12. The van der Waals surface area contributed by atoms with Crippen LogP contribution in [0.1, 0.15) is 51.9 Å². The zero-order valence-electron chi connectivity index (χ0n) is 12.7. The highest BCUT2D eigenvalue weighted by molar-refractivity contribution is 6.33. The minimum atomic E-state index is 0.289. The van der Waals surface area contributed by atoms with Crippen LogP contribution in [0.25, 0.3) is 0 Å². The van der Waals surface area contributed by atoms with Gasteiger partial charge in [0.1, 0.15) is 0 Å². The first-order chi connectivity index (χ1) is 10.3. The average Bonchev–Trinajstić information content (AvgIpc) is 2.79. The normalized spacial score (nSPS) is 24.7. The fraction of sp³-hybridized carbons (Fsp3) is 0.647. The Kier molecular flexibility index (Phi) is 4.79. The molecule has 2 aliphatic rings. The van der Waals surface area contributed by atoms with Gasteiger partial charge in [0, 0.05) is 18.2 Å². The molecule has 0 radical (unpaired) electrons. The Morgan fingerprint density at radius 2 is 1.95 bits per heavy atom. The summed E-state index contributed by atoms with van der Waals surface area (Å²) in [6.07, 6.45) is 9.15. The van der Waals surface area contributed by atoms with Crippen LogP contribution in [-0.4, -0.2) is 12.8 Å². The summed E-state index contributed by atoms with van der Waals surface area (Å²) in [5.41, 5.74) is 0.972. The van der Waals surface area contributed by atoms with Crippen molar-refractivity contribution < 1.29 is 9.47 Å². The molecule has 2 unspecified atom stereocenters. The van der Waals surface area contributed by atoms with E-state index in [4.69, 9.17) is 21.1 Å². The third-order valence-corrected chi connectivity index (χ3v) is 4.92. The van der Waals surface area contributed by atoms with E-state index in [9.17, 15) is 0 Å². The lowest BCUT2D eigenvalue weighted by Gasteiger charge is -2.19. The maximum atomic E-state index is 6.35. The Balaban J connectivity index is 1.64. The van der Waals surface area contributed by atoms with Gasteiger partial charge in [-0.15, -0.1) is 0 Å². The van der Waals surface area contributed by atoms with E-state index in [0.29, 0.717) is 11.1 Å². The molecular weight excluding hydrogens is 286 g/mol. The largest absolute Gasteiger partial charge is 0.454 e. The molecule has 0 amide bonds. The lowest BCUT2D eigenvalue weighted by Crippen LogP contribution is -2.18. The van der Waals surface area contributed by atoms with Crippen molar-refractivity contribution in [2.24, 2.45) is 5.92 Å². The summed E-state index contributed by atoms with van der Waals surface area (Å²) < 4.78 is 10.8. The van der Waals surface area contributed by atoms with Crippen molar-refractivity contribution in [3.05, 3.63) is 17.2 Å². The highest BCUT2D eigenvalue weighted by Crippen LogP contribution is 2.40. The van der Waals surface area contributed by atoms with Crippen molar-refractivity contribution in [1.29, 1.82) is 0 Å². The molecule has 0 bridgehead atoms. The molecule has 1 fully saturated rings. The van der Waals surface area contributed by atoms with E-state index in [-0.39, 0.29) is 6.79 Å². The van der Waals surface area contributed by atoms with Gasteiger partial charge >= 0.3 is 0 Å². The summed E-state index contributed by atoms with van der Waals surface area (Å²) in [5.74, 6) is 2.45. The van der Waals surface area contributed by atoms with Crippen LogP contribution in [0.4, 0.5) is 5.69 Å². The minimum Gasteiger partial charge on any atom is -0.454 e. The standard InChI is InChI=1S/C17H24ClNO2/c1-2-4-12-5-3-6-13(8-7-12)19-15-10-17-16(9-14(15)18)20-11-21-17/h9-10,12-13,19H,2-8,11H2,1H3. The summed E-state index contributed by atoms with van der Waals surface area (Å²) >= 11 is 6.35. The van der Waals surface area contributed by atoms with Crippen LogP contribution >= 0.6 is 11.6 Å². The lowest BCUT2D eigenvalue weighted by atomic mass is 9.95. The second-order valence-corrected chi connectivity index (χ2v) is 6.60. The van der Waals surface area contributed by atoms with Crippen molar-refractivity contribution in [3.8, 4) is 11.5 Å². The van der Waals surface area contributed by atoms with Crippen LogP contribution in [0.15, 0.2) is 12.1 Å². The van der Waals surface area contributed by atoms with E-state index >= 15 is 0 Å². The molecule has 1 aromatic rings. The van der Waals surface area contributed by atoms with Gasteiger partial charge in [0.05, 0.1) is 10.7 Å². The van der Waals surface area contributed by atoms with Gasteiger partial charge in [-0.05, 0) is 25.2 Å². The average molecular weight is 310 g/mol. The SMILES string of the molecule is CCCC1CCCC(Nc2cc3c(cc2Cl)OCO3)CC1. The molecule has 2 atom stereocenters. The molecule has 1 N–H and O–H groups in total. The summed E-state index contributed by atoms with van der Waals surface area (Å²) in [6, 6.07) is 4.34. The molecule has 0 spiro atoms. The van der Waals surface area contributed by atoms with Crippen LogP contribution in [-0.2, 0) is 0 Å². The van der Waals surface area contributed by atoms with Crippen molar-refractivity contribution in [1.82, 2.24) is 0 Å². The predicted octanol–water partition coefficient (Wildman–Crippen LogP) is 5.23. The van der Waals surface area contributed by atoms with Crippen molar-refractivity contribution in [3.63, 3.8) is 0 Å². The zero-order chi connectivity index (χ0) is 14.7. The summed E-state index contributed by atoms with van der Waals surface area (Å²) in [4.78, 5) is 0. The number of ether oxygens (including phenoxy) is 2. The van der Waals surface area contributed by atoms with Crippen molar-refractivity contribution in [2.75, 3.05) is 12.1 Å². The van der Waals surface area contributed by atoms with Crippen LogP contribution in [0.2, 0.25) is 5.02 Å². The summed E-state index contributed by atoms with van der Waals surface area (Å²) in [5, 5.41) is 4.33. The van der Waals surface area contributed by atoms with Gasteiger partial charge in [0.15, 0.2) is 11.5 Å². The highest BCUT2D eigenvalue weighted by Gasteiger charge is 2.21. The molecular formula is C17H24ClNO2. The van der Waals surface area contributed by atoms with Gasteiger partial charge in [0.25, 0.3) is 0 Å². The lowest BCUT2D eigenvalue weighted by molar-refractivity contribution is 0.174. The van der Waals surface area contributed by atoms with Crippen LogP contribution < -0.4 is 14.8 Å². The quantitative estimate of drug-likeness (QED) is 0.772. The van der Waals surface area contributed by atoms with Gasteiger partial charge in [-0.1, -0.05) is 44.2 Å². The van der Waals surface area contributed by atoms with E-state index in [0.717, 1.165) is 23.1 Å². The molecule has 1 aliphatic carbocycles. The van der Waals surface area contributed by atoms with Gasteiger partial charge < -0.3 is 14.8 Å². The summed E-state index contributed by atoms with van der Waals surface area (Å²) in [6.45, 7) is 2.57. The fourth-order valence-corrected chi connectivity index (χ4v) is 3.68. The number of halogens is 1. The molecule has 4 heteroatoms. The third-order valence-electron chi connectivity index (χ3n) is 4.61. The van der Waals surface area contributed by atoms with Crippen molar-refractivity contribution in [2.45, 2.75) is 57.9 Å². The first-order valence-corrected chi connectivity index (χ1v) is 8.49. The molecule has 0 aromatic heterocycles. The smallest absolute Gasteiger partial charge is 0.231 e. The number of rotatable bonds is 4. The van der Waals surface area contributed by atoms with Gasteiger partial charge in [-0.3, -0.25) is 0 Å². The van der Waals surface area contributed by atoms with E-state index in [2.05, 4.69) is 12.2 Å². The number of fused-ring (bicyclic) bond motifs is 1. The molecule has 1 aromatic carbocycles. The Hall–Kier alpha value is -1.09. The van der Waals surface area contributed by atoms with Crippen LogP contribution in [0.5, 0.6) is 11.5 Å². The predicted molar refractivity (Wildman–Crippen MR) is 86.5 cm³/mol. The Labute approximate surface area is 132 Å². The molecule has 0 saturated heterocycles. The fourth-order valence-electron chi connectivity index (χ4n) is 3.47. The molecule has 1 heterocycles. The number of anilines is 1. The molecule has 3 rings (SSSR count). The molecule has 116 valence electrons. The van der Waals surface area contributed by atoms with E-state index in [1.54, 1.807) is 0 Å². The zero-order valence-corrected chi connectivity index (χ0v) is 13.4. The minimum absolute atomic E-state index is 0.289. The van der Waals surface area contributed by atoms with Gasteiger partial charge in [0.2, 0.25) is 6.79 Å². The van der Waals surface area contributed by atoms with E-state index in [1.165, 1.54) is 44.9 Å². The van der Waals surface area contributed by atoms with E-state index < -0.39 is 0 Å². The first kappa shape index (κ1) is 14.8. The van der Waals surface area contributed by atoms with Crippen molar-refractivity contribution >= 4 is 17.3 Å². The second-order valence-electron chi connectivity index (χ2n) is 6.19. The maximum Gasteiger partial charge on any atom is 0.231 e.